The van der Waals surface area contributed by atoms with Crippen molar-refractivity contribution >= 4 is 17.7 Å². The van der Waals surface area contributed by atoms with Gasteiger partial charge in [-0.15, -0.1) is 0 Å². The first kappa shape index (κ1) is 18.3. The molecule has 0 radical (unpaired) electrons. The molecule has 0 aromatic heterocycles. The van der Waals surface area contributed by atoms with Gasteiger partial charge in [0.05, 0.1) is 25.5 Å². The Morgan fingerprint density at radius 1 is 1.16 bits per heavy atom. The van der Waals surface area contributed by atoms with Gasteiger partial charge >= 0.3 is 12.0 Å². The largest absolute Gasteiger partial charge is 0.494 e. The van der Waals surface area contributed by atoms with Gasteiger partial charge in [-0.1, -0.05) is 18.2 Å². The maximum absolute atomic E-state index is 13.7. The van der Waals surface area contributed by atoms with Gasteiger partial charge < -0.3 is 19.7 Å². The lowest BCUT2D eigenvalue weighted by molar-refractivity contribution is 0.0602. The maximum atomic E-state index is 13.7. The molecule has 6 nitrogen and oxygen atoms in total. The Morgan fingerprint density at radius 2 is 1.88 bits per heavy atom. The molecule has 132 valence electrons. The molecule has 2 amide bonds. The normalized spacial score (nSPS) is 10.1. The van der Waals surface area contributed by atoms with Crippen LogP contribution >= 0.6 is 0 Å². The van der Waals surface area contributed by atoms with Crippen molar-refractivity contribution in [1.29, 1.82) is 0 Å². The topological polar surface area (TPSA) is 67.9 Å². The zero-order chi connectivity index (χ0) is 18.4. The summed E-state index contributed by atoms with van der Waals surface area (Å²) in [6.07, 6.45) is 0. The van der Waals surface area contributed by atoms with E-state index in [9.17, 15) is 14.0 Å². The van der Waals surface area contributed by atoms with Crippen molar-refractivity contribution in [3.8, 4) is 5.75 Å². The number of hydrogen-bond acceptors (Lipinski definition) is 4. The summed E-state index contributed by atoms with van der Waals surface area (Å²) in [4.78, 5) is 25.4. The van der Waals surface area contributed by atoms with E-state index in [1.54, 1.807) is 37.4 Å². The fourth-order valence-corrected chi connectivity index (χ4v) is 2.24. The summed E-state index contributed by atoms with van der Waals surface area (Å²) in [5.41, 5.74) is 1.20. The number of methoxy groups -OCH3 is 2. The molecule has 0 aliphatic rings. The van der Waals surface area contributed by atoms with Crippen LogP contribution in [0, 0.1) is 5.82 Å². The molecule has 0 atom stereocenters. The van der Waals surface area contributed by atoms with Crippen molar-refractivity contribution in [1.82, 2.24) is 4.90 Å². The predicted molar refractivity (Wildman–Crippen MR) is 91.2 cm³/mol. The molecule has 0 aliphatic heterocycles. The van der Waals surface area contributed by atoms with Crippen molar-refractivity contribution in [2.45, 2.75) is 6.54 Å². The smallest absolute Gasteiger partial charge is 0.339 e. The van der Waals surface area contributed by atoms with E-state index < -0.39 is 17.8 Å². The number of nitrogens with zero attached hydrogens (tertiary/aromatic N) is 1. The third-order valence-corrected chi connectivity index (χ3v) is 3.56. The van der Waals surface area contributed by atoms with Gasteiger partial charge in [-0.3, -0.25) is 0 Å². The van der Waals surface area contributed by atoms with Crippen molar-refractivity contribution in [2.24, 2.45) is 0 Å². The monoisotopic (exact) mass is 346 g/mol. The zero-order valence-electron chi connectivity index (χ0n) is 14.2. The fraction of sp³-hybridized carbons (Fsp3) is 0.222. The van der Waals surface area contributed by atoms with Crippen LogP contribution in [0.2, 0.25) is 0 Å². The summed E-state index contributed by atoms with van der Waals surface area (Å²) in [7, 11) is 4.22. The number of anilines is 1. The number of urea groups is 1. The van der Waals surface area contributed by atoms with E-state index in [0.717, 1.165) is 0 Å². The first-order valence-corrected chi connectivity index (χ1v) is 7.48. The van der Waals surface area contributed by atoms with E-state index in [1.807, 2.05) is 0 Å². The van der Waals surface area contributed by atoms with E-state index in [1.165, 1.54) is 31.3 Å². The molecule has 0 heterocycles. The summed E-state index contributed by atoms with van der Waals surface area (Å²) in [5.74, 6) is -0.900. The van der Waals surface area contributed by atoms with Crippen molar-refractivity contribution in [3.63, 3.8) is 0 Å². The lowest BCUT2D eigenvalue weighted by Crippen LogP contribution is -2.31. The Morgan fingerprint density at radius 3 is 2.52 bits per heavy atom. The van der Waals surface area contributed by atoms with Crippen molar-refractivity contribution < 1.29 is 23.5 Å². The molecular formula is C18H19FN2O4. The van der Waals surface area contributed by atoms with Crippen LogP contribution in [0.15, 0.2) is 42.5 Å². The first-order valence-electron chi connectivity index (χ1n) is 7.48. The van der Waals surface area contributed by atoms with Crippen LogP contribution in [0.4, 0.5) is 14.9 Å². The number of esters is 1. The standard InChI is InChI=1S/C18H19FN2O4/c1-21(11-12-8-9-16(24-2)14(19)10-12)18(23)20-15-7-5-4-6-13(15)17(22)25-3/h4-10H,11H2,1-3H3,(H,20,23). The summed E-state index contributed by atoms with van der Waals surface area (Å²) in [6.45, 7) is 0.188. The Balaban J connectivity index is 2.08. The minimum absolute atomic E-state index is 0.142. The van der Waals surface area contributed by atoms with Gasteiger partial charge in [0.25, 0.3) is 0 Å². The molecule has 0 aliphatic carbocycles. The molecular weight excluding hydrogens is 327 g/mol. The number of ether oxygens (including phenoxy) is 2. The van der Waals surface area contributed by atoms with Crippen molar-refractivity contribution in [2.75, 3.05) is 26.6 Å². The van der Waals surface area contributed by atoms with Crippen LogP contribution in [0.25, 0.3) is 0 Å². The molecule has 0 fully saturated rings. The number of rotatable bonds is 5. The predicted octanol–water partition coefficient (Wildman–Crippen LogP) is 3.28. The SMILES string of the molecule is COC(=O)c1ccccc1NC(=O)N(C)Cc1ccc(OC)c(F)c1. The quantitative estimate of drug-likeness (QED) is 0.844. The lowest BCUT2D eigenvalue weighted by Gasteiger charge is -2.19. The van der Waals surface area contributed by atoms with Crippen LogP contribution in [0.3, 0.4) is 0 Å². The van der Waals surface area contributed by atoms with Gasteiger partial charge in [0.1, 0.15) is 0 Å². The molecule has 2 rings (SSSR count). The summed E-state index contributed by atoms with van der Waals surface area (Å²) >= 11 is 0. The minimum Gasteiger partial charge on any atom is -0.494 e. The Labute approximate surface area is 145 Å². The molecule has 2 aromatic carbocycles. The third kappa shape index (κ3) is 4.47. The molecule has 1 N–H and O–H groups in total. The number of carbonyl (C=O) groups is 2. The number of halogens is 1. The Hall–Kier alpha value is -3.09. The van der Waals surface area contributed by atoms with Crippen LogP contribution in [-0.2, 0) is 11.3 Å². The Bertz CT molecular complexity index is 779. The second kappa shape index (κ2) is 8.14. The van der Waals surface area contributed by atoms with Crippen LogP contribution in [0.5, 0.6) is 5.75 Å². The number of hydrogen-bond donors (Lipinski definition) is 1. The summed E-state index contributed by atoms with van der Waals surface area (Å²) < 4.78 is 23.3. The van der Waals surface area contributed by atoms with Crippen LogP contribution in [0.1, 0.15) is 15.9 Å². The van der Waals surface area contributed by atoms with Gasteiger partial charge in [-0.25, -0.2) is 14.0 Å². The van der Waals surface area contributed by atoms with Gasteiger partial charge in [-0.05, 0) is 29.8 Å². The number of amides is 2. The fourth-order valence-electron chi connectivity index (χ4n) is 2.24. The number of carbonyl (C=O) groups excluding carboxylic acids is 2. The second-order valence-corrected chi connectivity index (χ2v) is 5.29. The van der Waals surface area contributed by atoms with E-state index in [4.69, 9.17) is 9.47 Å². The van der Waals surface area contributed by atoms with Gasteiger partial charge in [0.2, 0.25) is 0 Å². The number of para-hydroxylation sites is 1. The maximum Gasteiger partial charge on any atom is 0.339 e. The molecule has 0 unspecified atom stereocenters. The van der Waals surface area contributed by atoms with Crippen LogP contribution < -0.4 is 10.1 Å². The second-order valence-electron chi connectivity index (χ2n) is 5.29. The van der Waals surface area contributed by atoms with E-state index in [0.29, 0.717) is 11.3 Å². The highest BCUT2D eigenvalue weighted by Gasteiger charge is 2.16. The Kier molecular flexibility index (Phi) is 5.94. The molecule has 25 heavy (non-hydrogen) atoms. The molecule has 0 spiro atoms. The first-order chi connectivity index (χ1) is 12.0. The highest BCUT2D eigenvalue weighted by atomic mass is 19.1. The molecule has 0 saturated heterocycles. The highest BCUT2D eigenvalue weighted by Crippen LogP contribution is 2.19. The van der Waals surface area contributed by atoms with Crippen LogP contribution in [-0.4, -0.2) is 38.2 Å². The van der Waals surface area contributed by atoms with Gasteiger partial charge in [0, 0.05) is 13.6 Å². The van der Waals surface area contributed by atoms with E-state index in [2.05, 4.69) is 5.32 Å². The third-order valence-electron chi connectivity index (χ3n) is 3.56. The molecule has 7 heteroatoms. The average Bonchev–Trinajstić information content (AvgIpc) is 2.61. The summed E-state index contributed by atoms with van der Waals surface area (Å²) in [6, 6.07) is 10.6. The molecule has 0 bridgehead atoms. The highest BCUT2D eigenvalue weighted by molar-refractivity contribution is 6.00. The average molecular weight is 346 g/mol. The van der Waals surface area contributed by atoms with Crippen molar-refractivity contribution in [3.05, 3.63) is 59.4 Å². The number of nitrogens with one attached hydrogen (secondary N) is 1. The molecule has 0 saturated carbocycles. The van der Waals surface area contributed by atoms with E-state index >= 15 is 0 Å². The summed E-state index contributed by atoms with van der Waals surface area (Å²) in [5, 5.41) is 2.65. The van der Waals surface area contributed by atoms with Gasteiger partial charge in [0.15, 0.2) is 11.6 Å². The van der Waals surface area contributed by atoms with Gasteiger partial charge in [-0.2, -0.15) is 0 Å². The van der Waals surface area contributed by atoms with E-state index in [-0.39, 0.29) is 17.9 Å². The zero-order valence-corrected chi connectivity index (χ0v) is 14.2. The molecule has 2 aromatic rings. The lowest BCUT2D eigenvalue weighted by atomic mass is 10.2. The minimum atomic E-state index is -0.546. The number of benzene rings is 2.